The van der Waals surface area contributed by atoms with Crippen LogP contribution in [0, 0.1) is 5.92 Å². The Morgan fingerprint density at radius 3 is 2.56 bits per heavy atom. The van der Waals surface area contributed by atoms with Gasteiger partial charge in [-0.15, -0.1) is 0 Å². The molecular formula is C33H40N2O6. The van der Waals surface area contributed by atoms with Crippen molar-refractivity contribution in [3.63, 3.8) is 0 Å². The van der Waals surface area contributed by atoms with Gasteiger partial charge in [0.1, 0.15) is 6.61 Å². The van der Waals surface area contributed by atoms with Gasteiger partial charge in [0.15, 0.2) is 5.79 Å². The fourth-order valence-corrected chi connectivity index (χ4v) is 7.72. The number of nitrogens with one attached hydrogen (secondary N) is 1. The molecule has 1 amide bonds. The van der Waals surface area contributed by atoms with Gasteiger partial charge in [0.2, 0.25) is 0 Å². The van der Waals surface area contributed by atoms with Crippen LogP contribution in [0.15, 0.2) is 65.9 Å². The zero-order chi connectivity index (χ0) is 28.8. The number of amides is 1. The molecule has 0 unspecified atom stereocenters. The van der Waals surface area contributed by atoms with E-state index >= 15 is 0 Å². The monoisotopic (exact) mass is 560 g/mol. The first kappa shape index (κ1) is 27.8. The zero-order valence-corrected chi connectivity index (χ0v) is 24.4. The summed E-state index contributed by atoms with van der Waals surface area (Å²) in [5, 5.41) is 3.62. The van der Waals surface area contributed by atoms with Crippen LogP contribution in [0.2, 0.25) is 0 Å². The van der Waals surface area contributed by atoms with Crippen molar-refractivity contribution < 1.29 is 28.5 Å². The van der Waals surface area contributed by atoms with Gasteiger partial charge in [-0.2, -0.15) is 0 Å². The number of benzene rings is 2. The maximum atomic E-state index is 13.9. The third-order valence-corrected chi connectivity index (χ3v) is 9.51. The molecule has 2 fully saturated rings. The molecule has 4 atom stereocenters. The number of nitrogens with zero attached hydrogens (tertiary/aromatic N) is 1. The average molecular weight is 561 g/mol. The molecule has 41 heavy (non-hydrogen) atoms. The summed E-state index contributed by atoms with van der Waals surface area (Å²) in [6.07, 6.45) is 3.08. The normalized spacial score (nSPS) is 29.7. The SMILES string of the molecule is CC[C@]1(C[C@H]2CCC(C(=O)OC)=C3Nc4ccccc4[C@]34CCN(C(=O)OCc3ccccc3)[C@H]24)COC(C)(C)O1. The molecule has 8 heteroatoms. The lowest BCUT2D eigenvalue weighted by Crippen LogP contribution is -2.51. The Kier molecular flexibility index (Phi) is 7.10. The molecule has 218 valence electrons. The largest absolute Gasteiger partial charge is 0.466 e. The van der Waals surface area contributed by atoms with Gasteiger partial charge in [-0.05, 0) is 69.1 Å². The van der Waals surface area contributed by atoms with Crippen LogP contribution in [0.1, 0.15) is 64.0 Å². The van der Waals surface area contributed by atoms with E-state index < -0.39 is 16.8 Å². The Bertz CT molecular complexity index is 1360. The number of fused-ring (bicyclic) bond motifs is 1. The van der Waals surface area contributed by atoms with Crippen molar-refractivity contribution >= 4 is 17.7 Å². The van der Waals surface area contributed by atoms with Crippen molar-refractivity contribution in [1.82, 2.24) is 4.90 Å². The van der Waals surface area contributed by atoms with Gasteiger partial charge in [0, 0.05) is 17.9 Å². The first-order valence-corrected chi connectivity index (χ1v) is 14.7. The molecule has 3 heterocycles. The van der Waals surface area contributed by atoms with Crippen molar-refractivity contribution in [2.45, 2.75) is 82.3 Å². The van der Waals surface area contributed by atoms with E-state index in [1.807, 2.05) is 67.3 Å². The van der Waals surface area contributed by atoms with E-state index in [0.717, 1.165) is 28.9 Å². The predicted molar refractivity (Wildman–Crippen MR) is 154 cm³/mol. The number of anilines is 1. The summed E-state index contributed by atoms with van der Waals surface area (Å²) < 4.78 is 23.9. The number of carbonyl (C=O) groups is 2. The number of carbonyl (C=O) groups excluding carboxylic acids is 2. The van der Waals surface area contributed by atoms with Crippen molar-refractivity contribution in [1.29, 1.82) is 0 Å². The lowest BCUT2D eigenvalue weighted by atomic mass is 9.67. The highest BCUT2D eigenvalue weighted by Gasteiger charge is 2.62. The van der Waals surface area contributed by atoms with E-state index in [4.69, 9.17) is 18.9 Å². The first-order valence-electron chi connectivity index (χ1n) is 14.7. The summed E-state index contributed by atoms with van der Waals surface area (Å²) >= 11 is 0. The molecule has 0 bridgehead atoms. The van der Waals surface area contributed by atoms with Gasteiger partial charge in [-0.1, -0.05) is 55.5 Å². The van der Waals surface area contributed by atoms with Gasteiger partial charge in [0.05, 0.1) is 36.3 Å². The van der Waals surface area contributed by atoms with E-state index in [1.54, 1.807) is 0 Å². The van der Waals surface area contributed by atoms with Gasteiger partial charge < -0.3 is 29.2 Å². The molecule has 0 aromatic heterocycles. The third-order valence-electron chi connectivity index (χ3n) is 9.51. The molecule has 4 aliphatic rings. The number of likely N-dealkylation sites (tertiary alicyclic amines) is 1. The maximum absolute atomic E-state index is 13.9. The van der Waals surface area contributed by atoms with Gasteiger partial charge in [-0.25, -0.2) is 9.59 Å². The highest BCUT2D eigenvalue weighted by atomic mass is 16.8. The minimum absolute atomic E-state index is 0.0179. The van der Waals surface area contributed by atoms with Crippen LogP contribution >= 0.6 is 0 Å². The minimum Gasteiger partial charge on any atom is -0.466 e. The molecule has 2 aromatic carbocycles. The minimum atomic E-state index is -0.676. The van der Waals surface area contributed by atoms with Crippen LogP contribution in [-0.4, -0.2) is 54.7 Å². The lowest BCUT2D eigenvalue weighted by molar-refractivity contribution is -0.166. The van der Waals surface area contributed by atoms with E-state index in [-0.39, 0.29) is 30.6 Å². The van der Waals surface area contributed by atoms with Crippen LogP contribution in [0.4, 0.5) is 10.5 Å². The molecule has 1 N–H and O–H groups in total. The van der Waals surface area contributed by atoms with Gasteiger partial charge in [-0.3, -0.25) is 0 Å². The van der Waals surface area contributed by atoms with Crippen LogP contribution in [0.25, 0.3) is 0 Å². The number of ether oxygens (including phenoxy) is 4. The highest BCUT2D eigenvalue weighted by Crippen LogP contribution is 2.59. The summed E-state index contributed by atoms with van der Waals surface area (Å²) in [5.74, 6) is -0.981. The molecule has 0 radical (unpaired) electrons. The number of para-hydroxylation sites is 1. The fraction of sp³-hybridized carbons (Fsp3) is 0.515. The van der Waals surface area contributed by atoms with Crippen LogP contribution in [0.3, 0.4) is 0 Å². The highest BCUT2D eigenvalue weighted by molar-refractivity contribution is 5.92. The number of esters is 1. The molecule has 1 spiro atoms. The first-order chi connectivity index (χ1) is 19.7. The topological polar surface area (TPSA) is 86.3 Å². The van der Waals surface area contributed by atoms with Crippen molar-refractivity contribution in [2.24, 2.45) is 5.92 Å². The molecule has 2 saturated heterocycles. The van der Waals surface area contributed by atoms with E-state index in [0.29, 0.717) is 44.4 Å². The van der Waals surface area contributed by atoms with Crippen molar-refractivity contribution in [3.8, 4) is 0 Å². The standard InChI is InChI=1S/C33H40N2O6/c1-5-32(21-40-31(2,3)41-32)19-23-15-16-24(29(36)38-4)27-33(25-13-9-10-14-26(25)34-27)17-18-35(28(23)33)30(37)39-20-22-11-7-6-8-12-22/h6-14,23,28,34H,5,15-21H2,1-4H3/t23-,28-,32+,33-/m1/s1. The number of hydrogen-bond donors (Lipinski definition) is 1. The predicted octanol–water partition coefficient (Wildman–Crippen LogP) is 5.92. The second-order valence-corrected chi connectivity index (χ2v) is 12.2. The summed E-state index contributed by atoms with van der Waals surface area (Å²) in [6, 6.07) is 17.7. The number of rotatable bonds is 6. The fourth-order valence-electron chi connectivity index (χ4n) is 7.72. The Hall–Kier alpha value is -3.36. The zero-order valence-electron chi connectivity index (χ0n) is 24.4. The molecular weight excluding hydrogens is 520 g/mol. The molecule has 0 saturated carbocycles. The second kappa shape index (κ2) is 10.5. The summed E-state index contributed by atoms with van der Waals surface area (Å²) in [5.41, 5.74) is 3.48. The Morgan fingerprint density at radius 1 is 1.10 bits per heavy atom. The summed E-state index contributed by atoms with van der Waals surface area (Å²) in [6.45, 7) is 7.25. The van der Waals surface area contributed by atoms with Gasteiger partial charge in [0.25, 0.3) is 0 Å². The average Bonchev–Trinajstić information content (AvgIpc) is 3.61. The van der Waals surface area contributed by atoms with Crippen LogP contribution < -0.4 is 5.32 Å². The molecule has 3 aliphatic heterocycles. The Balaban J connectivity index is 1.44. The second-order valence-electron chi connectivity index (χ2n) is 12.2. The van der Waals surface area contributed by atoms with Crippen molar-refractivity contribution in [3.05, 3.63) is 77.0 Å². The molecule has 6 rings (SSSR count). The number of methoxy groups -OCH3 is 1. The Morgan fingerprint density at radius 2 is 1.85 bits per heavy atom. The lowest BCUT2D eigenvalue weighted by Gasteiger charge is -2.42. The van der Waals surface area contributed by atoms with E-state index in [9.17, 15) is 9.59 Å². The van der Waals surface area contributed by atoms with E-state index in [2.05, 4.69) is 18.3 Å². The molecule has 2 aromatic rings. The Labute approximate surface area is 242 Å². The summed E-state index contributed by atoms with van der Waals surface area (Å²) in [4.78, 5) is 29.1. The van der Waals surface area contributed by atoms with E-state index in [1.165, 1.54) is 7.11 Å². The van der Waals surface area contributed by atoms with Crippen LogP contribution in [0.5, 0.6) is 0 Å². The van der Waals surface area contributed by atoms with Crippen molar-refractivity contribution in [2.75, 3.05) is 25.6 Å². The third kappa shape index (κ3) is 4.71. The quantitative estimate of drug-likeness (QED) is 0.439. The smallest absolute Gasteiger partial charge is 0.410 e. The summed E-state index contributed by atoms with van der Waals surface area (Å²) in [7, 11) is 1.43. The molecule has 8 nitrogen and oxygen atoms in total. The van der Waals surface area contributed by atoms with Crippen LogP contribution in [-0.2, 0) is 35.8 Å². The maximum Gasteiger partial charge on any atom is 0.410 e. The van der Waals surface area contributed by atoms with Gasteiger partial charge >= 0.3 is 12.1 Å². The number of hydrogen-bond acceptors (Lipinski definition) is 7. The molecule has 1 aliphatic carbocycles.